The molecule has 2 N–H and O–H groups in total. The normalized spacial score (nSPS) is 15.8. The lowest BCUT2D eigenvalue weighted by atomic mass is 9.95. The third-order valence-electron chi connectivity index (χ3n) is 3.88. The summed E-state index contributed by atoms with van der Waals surface area (Å²) in [5, 5.41) is 6.34. The molecule has 1 aromatic heterocycles. The van der Waals surface area contributed by atoms with Gasteiger partial charge in [-0.3, -0.25) is 4.79 Å². The minimum Gasteiger partial charge on any atom is -0.369 e. The van der Waals surface area contributed by atoms with Crippen LogP contribution in [0.4, 0.5) is 5.82 Å². The van der Waals surface area contributed by atoms with Gasteiger partial charge in [-0.1, -0.05) is 19.3 Å². The lowest BCUT2D eigenvalue weighted by Gasteiger charge is -2.22. The van der Waals surface area contributed by atoms with Crippen molar-refractivity contribution >= 4 is 11.7 Å². The third kappa shape index (κ3) is 5.26. The Labute approximate surface area is 132 Å². The first-order valence-electron chi connectivity index (χ1n) is 8.10. The molecule has 0 saturated heterocycles. The van der Waals surface area contributed by atoms with Crippen LogP contribution >= 0.6 is 0 Å². The van der Waals surface area contributed by atoms with E-state index in [2.05, 4.69) is 25.5 Å². The Balaban J connectivity index is 1.96. The van der Waals surface area contributed by atoms with Crippen molar-refractivity contribution in [2.24, 2.45) is 0 Å². The topological polar surface area (TPSA) is 70.2 Å². The summed E-state index contributed by atoms with van der Waals surface area (Å²) in [4.78, 5) is 23.1. The molecule has 0 radical (unpaired) electrons. The van der Waals surface area contributed by atoms with E-state index in [4.69, 9.17) is 0 Å². The van der Waals surface area contributed by atoms with Gasteiger partial charge in [0.2, 0.25) is 0 Å². The molecule has 0 spiro atoms. The van der Waals surface area contributed by atoms with Crippen LogP contribution in [0.15, 0.2) is 6.07 Å². The van der Waals surface area contributed by atoms with Gasteiger partial charge in [0.15, 0.2) is 0 Å². The van der Waals surface area contributed by atoms with Crippen molar-refractivity contribution in [3.05, 3.63) is 17.6 Å². The minimum atomic E-state index is -0.0898. The van der Waals surface area contributed by atoms with E-state index in [0.717, 1.165) is 25.9 Å². The third-order valence-corrected chi connectivity index (χ3v) is 3.88. The summed E-state index contributed by atoms with van der Waals surface area (Å²) >= 11 is 0. The number of nitrogens with zero attached hydrogens (tertiary/aromatic N) is 3. The summed E-state index contributed by atoms with van der Waals surface area (Å²) in [6.45, 7) is 3.51. The molecule has 1 amide bonds. The number of aryl methyl sites for hydroxylation is 1. The summed E-state index contributed by atoms with van der Waals surface area (Å²) in [6, 6.07) is 2.03. The number of rotatable bonds is 6. The SMILES string of the molecule is Cc1nc(NCCN(C)C)cc(C(=O)NC2CCCCC2)n1. The zero-order chi connectivity index (χ0) is 15.9. The zero-order valence-corrected chi connectivity index (χ0v) is 13.9. The molecule has 0 bridgehead atoms. The van der Waals surface area contributed by atoms with Crippen molar-refractivity contribution in [2.75, 3.05) is 32.5 Å². The Bertz CT molecular complexity index is 497. The quantitative estimate of drug-likeness (QED) is 0.839. The Kier molecular flexibility index (Phi) is 6.12. The number of hydrogen-bond donors (Lipinski definition) is 2. The number of hydrogen-bond acceptors (Lipinski definition) is 5. The van der Waals surface area contributed by atoms with Gasteiger partial charge in [-0.15, -0.1) is 0 Å². The first-order valence-corrected chi connectivity index (χ1v) is 8.10. The summed E-state index contributed by atoms with van der Waals surface area (Å²) in [5.41, 5.74) is 0.449. The molecule has 1 aliphatic rings. The van der Waals surface area contributed by atoms with E-state index in [1.807, 2.05) is 21.0 Å². The van der Waals surface area contributed by atoms with E-state index < -0.39 is 0 Å². The number of likely N-dealkylation sites (N-methyl/N-ethyl adjacent to an activating group) is 1. The fourth-order valence-electron chi connectivity index (χ4n) is 2.69. The maximum Gasteiger partial charge on any atom is 0.270 e. The molecule has 22 heavy (non-hydrogen) atoms. The van der Waals surface area contributed by atoms with E-state index in [0.29, 0.717) is 23.4 Å². The predicted octanol–water partition coefficient (Wildman–Crippen LogP) is 1.82. The molecule has 6 heteroatoms. The molecular weight excluding hydrogens is 278 g/mol. The van der Waals surface area contributed by atoms with Crippen molar-refractivity contribution in [3.63, 3.8) is 0 Å². The van der Waals surface area contributed by atoms with E-state index in [1.54, 1.807) is 6.07 Å². The monoisotopic (exact) mass is 305 g/mol. The number of carbonyl (C=O) groups is 1. The molecule has 0 atom stereocenters. The van der Waals surface area contributed by atoms with Gasteiger partial charge in [-0.25, -0.2) is 9.97 Å². The highest BCUT2D eigenvalue weighted by molar-refractivity contribution is 5.93. The average Bonchev–Trinajstić information content (AvgIpc) is 2.47. The molecule has 2 rings (SSSR count). The van der Waals surface area contributed by atoms with Gasteiger partial charge in [0.25, 0.3) is 5.91 Å². The summed E-state index contributed by atoms with van der Waals surface area (Å²) in [7, 11) is 4.05. The Morgan fingerprint density at radius 3 is 2.68 bits per heavy atom. The van der Waals surface area contributed by atoms with E-state index in [9.17, 15) is 4.79 Å². The number of nitrogens with one attached hydrogen (secondary N) is 2. The fraction of sp³-hybridized carbons (Fsp3) is 0.688. The number of amides is 1. The van der Waals surface area contributed by atoms with Crippen LogP contribution in [-0.4, -0.2) is 54.0 Å². The van der Waals surface area contributed by atoms with Gasteiger partial charge in [-0.2, -0.15) is 0 Å². The van der Waals surface area contributed by atoms with E-state index in [-0.39, 0.29) is 5.91 Å². The van der Waals surface area contributed by atoms with Crippen LogP contribution in [0.1, 0.15) is 48.4 Å². The summed E-state index contributed by atoms with van der Waals surface area (Å²) in [5.74, 6) is 1.24. The second-order valence-electron chi connectivity index (χ2n) is 6.22. The molecule has 6 nitrogen and oxygen atoms in total. The van der Waals surface area contributed by atoms with Crippen molar-refractivity contribution in [3.8, 4) is 0 Å². The molecule has 1 saturated carbocycles. The second kappa shape index (κ2) is 8.08. The molecule has 0 aromatic carbocycles. The summed E-state index contributed by atoms with van der Waals surface area (Å²) in [6.07, 6.45) is 5.82. The Morgan fingerprint density at radius 1 is 1.27 bits per heavy atom. The average molecular weight is 305 g/mol. The predicted molar refractivity (Wildman–Crippen MR) is 88.2 cm³/mol. The van der Waals surface area contributed by atoms with Gasteiger partial charge >= 0.3 is 0 Å². The van der Waals surface area contributed by atoms with Crippen molar-refractivity contribution in [1.82, 2.24) is 20.2 Å². The first-order chi connectivity index (χ1) is 10.5. The summed E-state index contributed by atoms with van der Waals surface area (Å²) < 4.78 is 0. The highest BCUT2D eigenvalue weighted by Gasteiger charge is 2.18. The van der Waals surface area contributed by atoms with Gasteiger partial charge in [0.05, 0.1) is 0 Å². The van der Waals surface area contributed by atoms with Crippen LogP contribution in [0.3, 0.4) is 0 Å². The fourth-order valence-corrected chi connectivity index (χ4v) is 2.69. The molecule has 0 aliphatic heterocycles. The van der Waals surface area contributed by atoms with Crippen molar-refractivity contribution < 1.29 is 4.79 Å². The van der Waals surface area contributed by atoms with Crippen LogP contribution in [0.2, 0.25) is 0 Å². The molecule has 0 unspecified atom stereocenters. The van der Waals surface area contributed by atoms with Crippen LogP contribution in [0, 0.1) is 6.92 Å². The van der Waals surface area contributed by atoms with Crippen LogP contribution in [0.5, 0.6) is 0 Å². The number of carbonyl (C=O) groups excluding carboxylic acids is 1. The standard InChI is InChI=1S/C16H27N5O/c1-12-18-14(11-15(19-12)17-9-10-21(2)3)16(22)20-13-7-5-4-6-8-13/h11,13H,4-10H2,1-3H3,(H,20,22)(H,17,18,19). The number of anilines is 1. The number of aromatic nitrogens is 2. The highest BCUT2D eigenvalue weighted by atomic mass is 16.1. The maximum atomic E-state index is 12.4. The molecule has 1 fully saturated rings. The van der Waals surface area contributed by atoms with Crippen molar-refractivity contribution in [1.29, 1.82) is 0 Å². The molecular formula is C16H27N5O. The van der Waals surface area contributed by atoms with Crippen molar-refractivity contribution in [2.45, 2.75) is 45.1 Å². The minimum absolute atomic E-state index is 0.0898. The Hall–Kier alpha value is -1.69. The molecule has 1 aromatic rings. The second-order valence-corrected chi connectivity index (χ2v) is 6.22. The highest BCUT2D eigenvalue weighted by Crippen LogP contribution is 2.18. The lowest BCUT2D eigenvalue weighted by molar-refractivity contribution is 0.0922. The van der Waals surface area contributed by atoms with Crippen LogP contribution in [-0.2, 0) is 0 Å². The van der Waals surface area contributed by atoms with E-state index >= 15 is 0 Å². The van der Waals surface area contributed by atoms with Gasteiger partial charge < -0.3 is 15.5 Å². The molecule has 1 aliphatic carbocycles. The van der Waals surface area contributed by atoms with Gasteiger partial charge in [0, 0.05) is 25.2 Å². The van der Waals surface area contributed by atoms with Gasteiger partial charge in [0.1, 0.15) is 17.3 Å². The zero-order valence-electron chi connectivity index (χ0n) is 13.9. The van der Waals surface area contributed by atoms with Crippen LogP contribution < -0.4 is 10.6 Å². The largest absolute Gasteiger partial charge is 0.369 e. The van der Waals surface area contributed by atoms with E-state index in [1.165, 1.54) is 19.3 Å². The lowest BCUT2D eigenvalue weighted by Crippen LogP contribution is -2.36. The smallest absolute Gasteiger partial charge is 0.270 e. The van der Waals surface area contributed by atoms with Crippen LogP contribution in [0.25, 0.3) is 0 Å². The molecule has 122 valence electrons. The molecule has 1 heterocycles. The van der Waals surface area contributed by atoms with Gasteiger partial charge in [-0.05, 0) is 33.9 Å². The first kappa shape index (κ1) is 16.7. The maximum absolute atomic E-state index is 12.4. The Morgan fingerprint density at radius 2 is 2.00 bits per heavy atom.